The third-order valence-electron chi connectivity index (χ3n) is 4.36. The maximum Gasteiger partial charge on any atom is 0.268 e. The number of guanidine groups is 1. The Hall–Kier alpha value is -3.11. The van der Waals surface area contributed by atoms with Crippen molar-refractivity contribution in [3.8, 4) is 5.75 Å². The van der Waals surface area contributed by atoms with Crippen LogP contribution in [0.4, 0.5) is 0 Å². The summed E-state index contributed by atoms with van der Waals surface area (Å²) in [7, 11) is 0. The Kier molecular flexibility index (Phi) is 8.19. The molecule has 0 aromatic heterocycles. The third-order valence-corrected chi connectivity index (χ3v) is 4.65. The topological polar surface area (TPSA) is 178 Å². The van der Waals surface area contributed by atoms with E-state index in [9.17, 15) is 4.79 Å². The van der Waals surface area contributed by atoms with E-state index < -0.39 is 5.91 Å². The number of hydrogen-bond acceptors (Lipinski definition) is 7. The van der Waals surface area contributed by atoms with Gasteiger partial charge < -0.3 is 38.1 Å². The Morgan fingerprint density at radius 2 is 1.93 bits per heavy atom. The zero-order valence-electron chi connectivity index (χ0n) is 16.8. The maximum absolute atomic E-state index is 11.6. The highest BCUT2D eigenvalue weighted by atomic mass is 35.5. The van der Waals surface area contributed by atoms with E-state index >= 15 is 0 Å². The molecule has 0 radical (unpaired) electrons. The van der Waals surface area contributed by atoms with Crippen molar-refractivity contribution in [3.63, 3.8) is 0 Å². The molecule has 0 fully saturated rings. The summed E-state index contributed by atoms with van der Waals surface area (Å²) in [4.78, 5) is 17.4. The van der Waals surface area contributed by atoms with Crippen molar-refractivity contribution < 1.29 is 14.6 Å². The number of nitrogens with zero attached hydrogens (tertiary/aromatic N) is 2. The van der Waals surface area contributed by atoms with Crippen LogP contribution in [0.15, 0.2) is 51.8 Å². The first kappa shape index (κ1) is 23.2. The van der Waals surface area contributed by atoms with E-state index in [1.54, 1.807) is 0 Å². The fourth-order valence-electron chi connectivity index (χ4n) is 2.85. The van der Waals surface area contributed by atoms with Crippen molar-refractivity contribution in [2.45, 2.75) is 32.2 Å². The number of halogens is 1. The fourth-order valence-corrected chi connectivity index (χ4v) is 3.03. The van der Waals surface area contributed by atoms with E-state index in [-0.39, 0.29) is 41.1 Å². The minimum atomic E-state index is -0.808. The van der Waals surface area contributed by atoms with Crippen LogP contribution in [-0.2, 0) is 4.79 Å². The number of hydrogen-bond donors (Lipinski definition) is 6. The molecular weight excluding hydrogens is 410 g/mol. The molecule has 0 saturated heterocycles. The molecule has 1 atom stereocenters. The molecule has 1 aromatic rings. The molecule has 10 N–H and O–H groups in total. The minimum absolute atomic E-state index is 0.00305. The van der Waals surface area contributed by atoms with Gasteiger partial charge in [-0.1, -0.05) is 37.1 Å². The monoisotopic (exact) mass is 437 g/mol. The smallest absolute Gasteiger partial charge is 0.268 e. The number of rotatable bonds is 9. The SMILES string of the molecule is CCCC(N=C(N)N1C(N)=C(Cl)NC(C(N)=O)=C1N)c1ccc(OCCCO)cc1. The van der Waals surface area contributed by atoms with Gasteiger partial charge in [0.1, 0.15) is 28.2 Å². The summed E-state index contributed by atoms with van der Waals surface area (Å²) in [6.45, 7) is 2.54. The number of nitrogens with two attached hydrogens (primary N) is 4. The van der Waals surface area contributed by atoms with E-state index in [1.165, 1.54) is 4.90 Å². The molecule has 0 saturated carbocycles. The molecule has 2 rings (SSSR count). The Balaban J connectivity index is 2.31. The lowest BCUT2D eigenvalue weighted by Crippen LogP contribution is -2.49. The lowest BCUT2D eigenvalue weighted by atomic mass is 10.0. The number of ether oxygens (including phenoxy) is 1. The van der Waals surface area contributed by atoms with E-state index in [0.717, 1.165) is 12.0 Å². The van der Waals surface area contributed by atoms with Gasteiger partial charge in [-0.25, -0.2) is 9.89 Å². The Morgan fingerprint density at radius 1 is 1.27 bits per heavy atom. The first-order chi connectivity index (χ1) is 14.3. The molecule has 0 aliphatic carbocycles. The summed E-state index contributed by atoms with van der Waals surface area (Å²) in [6, 6.07) is 7.16. The van der Waals surface area contributed by atoms with Gasteiger partial charge in [-0.3, -0.25) is 4.79 Å². The average Bonchev–Trinajstić information content (AvgIpc) is 2.71. The molecule has 10 nitrogen and oxygen atoms in total. The number of primary amides is 1. The van der Waals surface area contributed by atoms with Crippen molar-refractivity contribution in [3.05, 3.63) is 52.3 Å². The normalized spacial score (nSPS) is 15.8. The predicted octanol–water partition coefficient (Wildman–Crippen LogP) is 0.446. The lowest BCUT2D eigenvalue weighted by molar-refractivity contribution is -0.115. The number of aliphatic hydroxyl groups is 1. The summed E-state index contributed by atoms with van der Waals surface area (Å²) >= 11 is 6.06. The van der Waals surface area contributed by atoms with Crippen molar-refractivity contribution >= 4 is 23.5 Å². The van der Waals surface area contributed by atoms with Gasteiger partial charge in [0.25, 0.3) is 5.91 Å². The van der Waals surface area contributed by atoms with Gasteiger partial charge in [0.15, 0.2) is 0 Å². The molecule has 1 aromatic carbocycles. The summed E-state index contributed by atoms with van der Waals surface area (Å²) in [5.74, 6) is -0.224. The number of aliphatic imine (C=N–C) groups is 1. The number of carbonyl (C=O) groups excluding carboxylic acids is 1. The van der Waals surface area contributed by atoms with Crippen LogP contribution in [0.1, 0.15) is 37.8 Å². The quantitative estimate of drug-likeness (QED) is 0.139. The number of amides is 1. The molecule has 164 valence electrons. The van der Waals surface area contributed by atoms with Crippen LogP contribution in [0.2, 0.25) is 0 Å². The van der Waals surface area contributed by atoms with Gasteiger partial charge >= 0.3 is 0 Å². The van der Waals surface area contributed by atoms with Crippen LogP contribution in [0.5, 0.6) is 5.75 Å². The van der Waals surface area contributed by atoms with E-state index in [0.29, 0.717) is 25.2 Å². The van der Waals surface area contributed by atoms with Gasteiger partial charge in [-0.15, -0.1) is 0 Å². The van der Waals surface area contributed by atoms with E-state index in [4.69, 9.17) is 44.4 Å². The van der Waals surface area contributed by atoms with Gasteiger partial charge in [-0.05, 0) is 24.1 Å². The predicted molar refractivity (Wildman–Crippen MR) is 115 cm³/mol. The van der Waals surface area contributed by atoms with Crippen LogP contribution < -0.4 is 33.0 Å². The maximum atomic E-state index is 11.6. The van der Waals surface area contributed by atoms with Crippen molar-refractivity contribution in [2.24, 2.45) is 27.9 Å². The summed E-state index contributed by atoms with van der Waals surface area (Å²) in [5.41, 5.74) is 24.3. The summed E-state index contributed by atoms with van der Waals surface area (Å²) < 4.78 is 5.55. The highest BCUT2D eigenvalue weighted by Gasteiger charge is 2.29. The second-order valence-electron chi connectivity index (χ2n) is 6.57. The van der Waals surface area contributed by atoms with Gasteiger partial charge in [0, 0.05) is 13.0 Å². The van der Waals surface area contributed by atoms with Crippen LogP contribution in [0.25, 0.3) is 0 Å². The van der Waals surface area contributed by atoms with Crippen LogP contribution >= 0.6 is 11.6 Å². The Morgan fingerprint density at radius 3 is 2.50 bits per heavy atom. The number of carbonyl (C=O) groups is 1. The van der Waals surface area contributed by atoms with Gasteiger partial charge in [0.05, 0.1) is 12.6 Å². The first-order valence-corrected chi connectivity index (χ1v) is 9.86. The number of aliphatic hydroxyl groups excluding tert-OH is 1. The van der Waals surface area contributed by atoms with Gasteiger partial charge in [0.2, 0.25) is 5.96 Å². The number of benzene rings is 1. The molecule has 1 aliphatic rings. The highest BCUT2D eigenvalue weighted by molar-refractivity contribution is 6.30. The number of nitrogens with one attached hydrogen (secondary N) is 1. The zero-order chi connectivity index (χ0) is 22.3. The van der Waals surface area contributed by atoms with Crippen molar-refractivity contribution in [2.75, 3.05) is 13.2 Å². The molecule has 1 heterocycles. The van der Waals surface area contributed by atoms with Gasteiger partial charge in [-0.2, -0.15) is 0 Å². The summed E-state index contributed by atoms with van der Waals surface area (Å²) in [5, 5.41) is 11.4. The molecule has 1 unspecified atom stereocenters. The molecule has 11 heteroatoms. The Labute approximate surface area is 180 Å². The molecule has 1 aliphatic heterocycles. The average molecular weight is 438 g/mol. The molecule has 0 spiro atoms. The van der Waals surface area contributed by atoms with E-state index in [2.05, 4.69) is 10.3 Å². The second-order valence-corrected chi connectivity index (χ2v) is 6.95. The fraction of sp³-hybridized carbons (Fsp3) is 0.368. The zero-order valence-corrected chi connectivity index (χ0v) is 17.5. The third kappa shape index (κ3) is 5.49. The first-order valence-electron chi connectivity index (χ1n) is 9.48. The highest BCUT2D eigenvalue weighted by Crippen LogP contribution is 2.27. The standard InChI is InChI=1S/C19H28ClN7O3/c1-2-4-13(11-5-7-12(8-6-11)30-10-3-9-28)25-19(24)27-16(21)14(18(23)29)26-15(20)17(27)22/h5-8,13,26,28H,2-4,9-10,21-22H2,1H3,(H2,23,29)(H2,24,25). The molecule has 0 bridgehead atoms. The van der Waals surface area contributed by atoms with Crippen molar-refractivity contribution in [1.82, 2.24) is 10.2 Å². The molecular formula is C19H28ClN7O3. The largest absolute Gasteiger partial charge is 0.494 e. The Bertz CT molecular complexity index is 852. The summed E-state index contributed by atoms with van der Waals surface area (Å²) in [6.07, 6.45) is 2.12. The molecule has 1 amide bonds. The minimum Gasteiger partial charge on any atom is -0.494 e. The molecule has 30 heavy (non-hydrogen) atoms. The van der Waals surface area contributed by atoms with Crippen molar-refractivity contribution in [1.29, 1.82) is 0 Å². The van der Waals surface area contributed by atoms with Crippen LogP contribution in [0.3, 0.4) is 0 Å². The van der Waals surface area contributed by atoms with E-state index in [1.807, 2.05) is 31.2 Å². The van der Waals surface area contributed by atoms with Crippen LogP contribution in [-0.4, -0.2) is 35.1 Å². The van der Waals surface area contributed by atoms with Crippen LogP contribution in [0, 0.1) is 0 Å². The lowest BCUT2D eigenvalue weighted by Gasteiger charge is -2.31. The second kappa shape index (κ2) is 10.6.